The fraction of sp³-hybridized carbons (Fsp3) is 0.241. The van der Waals surface area contributed by atoms with Crippen molar-refractivity contribution < 1.29 is 98.3 Å². The van der Waals surface area contributed by atoms with Crippen molar-refractivity contribution in [3.63, 3.8) is 0 Å². The molecule has 0 bridgehead atoms. The van der Waals surface area contributed by atoms with Crippen LogP contribution in [-0.2, 0) is 88.9 Å². The number of nitrogens with two attached hydrogens (primary N) is 1. The molecule has 1 amide bonds. The smallest absolute Gasteiger partial charge is 0.796 e. The Morgan fingerprint density at radius 1 is 0.713 bits per heavy atom. The molecule has 1 aromatic carbocycles. The first kappa shape index (κ1) is 105. The van der Waals surface area contributed by atoms with Crippen molar-refractivity contribution in [3.05, 3.63) is 202 Å². The molecule has 8 rings (SSSR count). The summed E-state index contributed by atoms with van der Waals surface area (Å²) in [7, 11) is -7.13. The Morgan fingerprint density at radius 2 is 1.15 bits per heavy atom. The zero-order chi connectivity index (χ0) is 64.3. The average Bonchev–Trinajstić information content (AvgIpc) is 1.09. The average molecular weight is 1720 g/mol. The van der Waals surface area contributed by atoms with Crippen molar-refractivity contribution in [3.8, 4) is 35.2 Å². The van der Waals surface area contributed by atoms with E-state index in [0.717, 1.165) is 58.1 Å². The summed E-state index contributed by atoms with van der Waals surface area (Å²) in [5.74, 6) is -0.784. The van der Waals surface area contributed by atoms with Crippen molar-refractivity contribution in [2.24, 2.45) is 12.8 Å². The minimum Gasteiger partial charge on any atom is -0.796 e. The summed E-state index contributed by atoms with van der Waals surface area (Å²) in [6.07, 6.45) is 10.7. The summed E-state index contributed by atoms with van der Waals surface area (Å²) >= 11 is 8.90. The van der Waals surface area contributed by atoms with Gasteiger partial charge in [0.15, 0.2) is 29.5 Å². The van der Waals surface area contributed by atoms with Gasteiger partial charge in [0, 0.05) is 123 Å². The second-order valence-electron chi connectivity index (χ2n) is 16.4. The van der Waals surface area contributed by atoms with Gasteiger partial charge in [-0.2, -0.15) is 40.3 Å². The Morgan fingerprint density at radius 3 is 1.50 bits per heavy atom. The molecule has 0 saturated heterocycles. The number of pyridine rings is 6. The molecule has 0 unspecified atom stereocenters. The quantitative estimate of drug-likeness (QED) is 0.0390. The van der Waals surface area contributed by atoms with E-state index in [2.05, 4.69) is 63.9 Å². The van der Waals surface area contributed by atoms with E-state index in [1.54, 1.807) is 80.8 Å². The second kappa shape index (κ2) is 51.1. The summed E-state index contributed by atoms with van der Waals surface area (Å²) in [5, 5.41) is 38.7. The molecule has 94 heavy (non-hydrogen) atoms. The summed E-state index contributed by atoms with van der Waals surface area (Å²) < 4.78 is 111. The number of aryl methyl sites for hydroxylation is 1. The largest absolute Gasteiger partial charge is 1.00 e. The van der Waals surface area contributed by atoms with Gasteiger partial charge in [-0.1, -0.05) is 28.3 Å². The van der Waals surface area contributed by atoms with Crippen LogP contribution in [0.2, 0.25) is 0 Å². The van der Waals surface area contributed by atoms with Crippen LogP contribution in [-0.4, -0.2) is 114 Å². The van der Waals surface area contributed by atoms with Gasteiger partial charge in [-0.3, -0.25) is 28.8 Å². The van der Waals surface area contributed by atoms with Crippen LogP contribution in [0.4, 0.5) is 13.2 Å². The zero-order valence-corrected chi connectivity index (χ0v) is 63.1. The molecule has 514 valence electrons. The van der Waals surface area contributed by atoms with Crippen LogP contribution in [0.1, 0.15) is 72.4 Å². The molecule has 0 aliphatic heterocycles. The van der Waals surface area contributed by atoms with E-state index in [-0.39, 0.29) is 167 Å². The van der Waals surface area contributed by atoms with E-state index < -0.39 is 52.7 Å². The van der Waals surface area contributed by atoms with Gasteiger partial charge in [-0.25, -0.2) is 40.2 Å². The van der Waals surface area contributed by atoms with Crippen molar-refractivity contribution in [2.45, 2.75) is 68.1 Å². The van der Waals surface area contributed by atoms with Gasteiger partial charge in [0.05, 0.1) is 43.9 Å². The molecule has 0 aliphatic carbocycles. The molecule has 8 aromatic rings. The molecule has 7 aromatic heterocycles. The standard InChI is InChI=1S/C25H22F3N5O4S.C7H10N2O2S.C7H6N2O2S.C7H6N2S.C6H3BrN2.CH4O.CH4S.3CH4.CH3.2ClH.HI.Na.Pd/c1-15-20(22-9-10-31-32(22)2)12-21(23(34)30-13-17-7-8-19(14-29-17)38(3,36)37)24(35)33(15)18-6-4-5-16(11-18)25(26,27)28;2*1-12(10,11)7-3-2-6(4-8)9-5-7;1-10-7-3-2-6(4-8)9-5-7;7-5-1-2-6(3-8)9-4-5;2*1-2;;;;;;;;;/h4-12,14H,13H2,1-3H3,(H,30,34);2-3,5H,4,8H2,1H3;2-3,5H,1H3;2-3,5H,1H3;1-2,4H;2*2H,1H3;3*1H4;1H3;3*1H;;/q;;;;;;;;;;-1;;;;+1;/p-1. The SMILES string of the molecule is C.C.C.CO.CS(=O)(=O)c1ccc(C#N)nc1.CS(=O)(=O)c1ccc(CN)nc1.CSc1ccc(C#N)nc1.C[S-].Cc1c(-c2ccnn2C)cc(C(=O)NCc2ccc(S(C)(=O)=O)cn2)c(=O)n1-c1cccc(C(F)(F)F)c1.Cl.Cl.I.N#Cc1ccc(Br)cn1.[CH3-].[Na+].[Pd]. The zero-order valence-electron chi connectivity index (χ0n) is 49.9. The van der Waals surface area contributed by atoms with Crippen LogP contribution in [0.25, 0.3) is 16.9 Å². The maximum Gasteiger partial charge on any atom is 1.00 e. The minimum atomic E-state index is -4.63. The van der Waals surface area contributed by atoms with E-state index in [0.29, 0.717) is 46.3 Å². The number of halogens is 7. The molecule has 36 heteroatoms. The number of hydrogen-bond acceptors (Lipinski definition) is 21. The molecule has 4 N–H and O–H groups in total. The van der Waals surface area contributed by atoms with E-state index in [9.17, 15) is 48.0 Å². The minimum absolute atomic E-state index is 0. The number of thioether (sulfide) groups is 1. The first-order valence-electron chi connectivity index (χ1n) is 23.6. The number of amides is 1. The number of aliphatic hydroxyl groups is 1. The van der Waals surface area contributed by atoms with Gasteiger partial charge in [0.1, 0.15) is 40.9 Å². The Balaban J connectivity index is -0.000000182. The first-order valence-corrected chi connectivity index (χ1v) is 32.1. The normalized spacial score (nSPS) is 9.53. The third-order valence-electron chi connectivity index (χ3n) is 10.5. The van der Waals surface area contributed by atoms with Crippen LogP contribution < -0.4 is 46.2 Å². The van der Waals surface area contributed by atoms with Crippen LogP contribution in [0.3, 0.4) is 0 Å². The number of carbonyl (C=O) groups excluding carboxylic acids is 1. The summed E-state index contributed by atoms with van der Waals surface area (Å²) in [6.45, 7) is 1.77. The number of sulfone groups is 3. The van der Waals surface area contributed by atoms with Gasteiger partial charge in [-0.05, 0) is 120 Å². The third-order valence-corrected chi connectivity index (χ3v) is 15.0. The fourth-order valence-corrected chi connectivity index (χ4v) is 8.60. The topological polar surface area (TPSA) is 353 Å². The molecular formula is C58H72BrCl2F3IN13NaO9PdS5-. The van der Waals surface area contributed by atoms with Gasteiger partial charge in [0.2, 0.25) is 0 Å². The van der Waals surface area contributed by atoms with Crippen molar-refractivity contribution in [2.75, 3.05) is 38.4 Å². The number of nitriles is 3. The number of benzene rings is 1. The summed E-state index contributed by atoms with van der Waals surface area (Å²) in [4.78, 5) is 47.2. The van der Waals surface area contributed by atoms with Gasteiger partial charge in [0.25, 0.3) is 11.5 Å². The molecule has 0 saturated carbocycles. The molecule has 0 aliphatic rings. The maximum atomic E-state index is 13.5. The number of rotatable bonds is 10. The second-order valence-corrected chi connectivity index (χ2v) is 24.3. The monoisotopic (exact) mass is 1720 g/mol. The Labute approximate surface area is 632 Å². The summed E-state index contributed by atoms with van der Waals surface area (Å²) in [6, 6.07) is 28.6. The van der Waals surface area contributed by atoms with Gasteiger partial charge < -0.3 is 36.2 Å². The van der Waals surface area contributed by atoms with Crippen LogP contribution in [0.15, 0.2) is 163 Å². The van der Waals surface area contributed by atoms with E-state index in [4.69, 9.17) is 26.6 Å². The molecule has 0 fully saturated rings. The number of nitrogens with one attached hydrogen (secondary N) is 1. The van der Waals surface area contributed by atoms with Gasteiger partial charge in [-0.15, -0.1) is 60.6 Å². The van der Waals surface area contributed by atoms with E-state index in [1.165, 1.54) is 71.8 Å². The molecule has 0 atom stereocenters. The van der Waals surface area contributed by atoms with E-state index in [1.807, 2.05) is 24.5 Å². The Kier molecular flexibility index (Phi) is 57.0. The van der Waals surface area contributed by atoms with Crippen molar-refractivity contribution in [1.82, 2.24) is 44.6 Å². The van der Waals surface area contributed by atoms with Crippen molar-refractivity contribution in [1.29, 1.82) is 15.8 Å². The van der Waals surface area contributed by atoms with Crippen molar-refractivity contribution >= 4 is 125 Å². The fourth-order valence-electron chi connectivity index (χ4n) is 6.32. The van der Waals surface area contributed by atoms with Crippen LogP contribution >= 0.6 is 76.5 Å². The first-order chi connectivity index (χ1) is 40.0. The number of hydrogen-bond donors (Lipinski definition) is 3. The maximum absolute atomic E-state index is 13.5. The Hall–Kier alpha value is -5.22. The number of aromatic nitrogens is 8. The van der Waals surface area contributed by atoms with Crippen LogP contribution in [0.5, 0.6) is 0 Å². The Bertz CT molecular complexity index is 4070. The van der Waals surface area contributed by atoms with Crippen LogP contribution in [0, 0.1) is 48.3 Å². The number of carbonyl (C=O) groups is 1. The molecule has 0 radical (unpaired) electrons. The number of alkyl halides is 3. The molecular weight excluding hydrogens is 1650 g/mol. The predicted molar refractivity (Wildman–Crippen MR) is 375 cm³/mol. The van der Waals surface area contributed by atoms with E-state index >= 15 is 0 Å². The molecule has 7 heterocycles. The third kappa shape index (κ3) is 34.6. The number of aliphatic hydroxyl groups excluding tert-OH is 1. The molecule has 0 spiro atoms. The number of nitrogens with zero attached hydrogens (tertiary/aromatic N) is 11. The predicted octanol–water partition coefficient (Wildman–Crippen LogP) is 7.58. The van der Waals surface area contributed by atoms with Gasteiger partial charge >= 0.3 is 35.7 Å². The molecule has 22 nitrogen and oxygen atoms in total. The summed E-state index contributed by atoms with van der Waals surface area (Å²) in [5.41, 5.74) is 6.59.